The monoisotopic (exact) mass is 391 g/mol. The summed E-state index contributed by atoms with van der Waals surface area (Å²) >= 11 is 2.72. The molecule has 26 heavy (non-hydrogen) atoms. The summed E-state index contributed by atoms with van der Waals surface area (Å²) in [4.78, 5) is 26.9. The summed E-state index contributed by atoms with van der Waals surface area (Å²) in [6.07, 6.45) is 0. The number of Topliss-reactive ketones (excluding diaryl/α,β-unsaturated/α-hetero) is 1. The molecule has 0 N–H and O–H groups in total. The van der Waals surface area contributed by atoms with Crippen molar-refractivity contribution < 1.29 is 14.3 Å². The van der Waals surface area contributed by atoms with Gasteiger partial charge in [0, 0.05) is 19.7 Å². The number of hydrogen-bond donors (Lipinski definition) is 0. The number of ether oxygens (including phenoxy) is 1. The van der Waals surface area contributed by atoms with Gasteiger partial charge >= 0.3 is 5.97 Å². The Morgan fingerprint density at radius 2 is 1.85 bits per heavy atom. The van der Waals surface area contributed by atoms with E-state index in [9.17, 15) is 9.59 Å². The van der Waals surface area contributed by atoms with Crippen molar-refractivity contribution in [2.24, 2.45) is 5.10 Å². The SMILES string of the molecule is CCOC(=O)C1=C(C)N(C)[C@@]2(SC(C(C)=O)=NN2c2ccc(C)cc2)S1. The van der Waals surface area contributed by atoms with Gasteiger partial charge in [0.05, 0.1) is 12.3 Å². The third-order valence-electron chi connectivity index (χ3n) is 4.22. The molecule has 0 aromatic heterocycles. The molecule has 0 saturated heterocycles. The Kier molecular flexibility index (Phi) is 5.07. The third kappa shape index (κ3) is 3.01. The highest BCUT2D eigenvalue weighted by Crippen LogP contribution is 2.58. The number of anilines is 1. The van der Waals surface area contributed by atoms with E-state index in [1.807, 2.05) is 55.1 Å². The van der Waals surface area contributed by atoms with Gasteiger partial charge in [0.1, 0.15) is 4.91 Å². The van der Waals surface area contributed by atoms with Crippen molar-refractivity contribution in [2.45, 2.75) is 32.0 Å². The van der Waals surface area contributed by atoms with Crippen LogP contribution in [0.2, 0.25) is 0 Å². The molecule has 0 saturated carbocycles. The highest BCUT2D eigenvalue weighted by atomic mass is 32.2. The molecule has 0 fully saturated rings. The molecule has 1 spiro atoms. The average Bonchev–Trinajstić information content (AvgIpc) is 3.11. The second kappa shape index (κ2) is 7.00. The largest absolute Gasteiger partial charge is 0.462 e. The van der Waals surface area contributed by atoms with Crippen molar-refractivity contribution in [1.82, 2.24) is 4.90 Å². The molecule has 2 aliphatic rings. The minimum Gasteiger partial charge on any atom is -0.462 e. The molecule has 1 atom stereocenters. The lowest BCUT2D eigenvalue weighted by Gasteiger charge is -2.39. The zero-order chi connectivity index (χ0) is 19.1. The van der Waals surface area contributed by atoms with E-state index >= 15 is 0 Å². The van der Waals surface area contributed by atoms with Gasteiger partial charge in [-0.3, -0.25) is 4.79 Å². The van der Waals surface area contributed by atoms with Gasteiger partial charge in [0.25, 0.3) is 0 Å². The van der Waals surface area contributed by atoms with Gasteiger partial charge in [0.2, 0.25) is 4.33 Å². The van der Waals surface area contributed by atoms with Gasteiger partial charge in [-0.1, -0.05) is 29.5 Å². The van der Waals surface area contributed by atoms with Crippen LogP contribution < -0.4 is 5.01 Å². The number of allylic oxidation sites excluding steroid dienone is 1. The molecule has 3 rings (SSSR count). The Hall–Kier alpha value is -1.93. The number of nitrogens with zero attached hydrogens (tertiary/aromatic N) is 3. The van der Waals surface area contributed by atoms with Crippen LogP contribution in [0.4, 0.5) is 5.69 Å². The number of thioether (sulfide) groups is 2. The molecule has 0 radical (unpaired) electrons. The van der Waals surface area contributed by atoms with E-state index in [0.29, 0.717) is 16.6 Å². The number of carbonyl (C=O) groups is 2. The maximum absolute atomic E-state index is 12.4. The molecule has 2 heterocycles. The van der Waals surface area contributed by atoms with Crippen LogP contribution in [-0.4, -0.2) is 39.7 Å². The Labute approximate surface area is 161 Å². The lowest BCUT2D eigenvalue weighted by atomic mass is 10.2. The van der Waals surface area contributed by atoms with Crippen LogP contribution in [0, 0.1) is 6.92 Å². The summed E-state index contributed by atoms with van der Waals surface area (Å²) in [5.74, 6) is -0.445. The molecule has 0 amide bonds. The molecule has 6 nitrogen and oxygen atoms in total. The molecule has 0 aliphatic carbocycles. The first-order valence-corrected chi connectivity index (χ1v) is 9.89. The fourth-order valence-corrected chi connectivity index (χ4v) is 5.57. The van der Waals surface area contributed by atoms with Crippen molar-refractivity contribution in [3.63, 3.8) is 0 Å². The smallest absolute Gasteiger partial charge is 0.346 e. The molecule has 1 aromatic carbocycles. The van der Waals surface area contributed by atoms with Crippen LogP contribution in [0.3, 0.4) is 0 Å². The predicted molar refractivity (Wildman–Crippen MR) is 107 cm³/mol. The minimum absolute atomic E-state index is 0.0970. The predicted octanol–water partition coefficient (Wildman–Crippen LogP) is 3.54. The number of ketones is 1. The van der Waals surface area contributed by atoms with Gasteiger partial charge < -0.3 is 9.64 Å². The Morgan fingerprint density at radius 1 is 1.19 bits per heavy atom. The van der Waals surface area contributed by atoms with Crippen molar-refractivity contribution in [3.05, 3.63) is 40.4 Å². The van der Waals surface area contributed by atoms with Crippen molar-refractivity contribution >= 4 is 46.0 Å². The molecule has 0 bridgehead atoms. The first-order valence-electron chi connectivity index (χ1n) is 8.26. The maximum Gasteiger partial charge on any atom is 0.346 e. The van der Waals surface area contributed by atoms with Crippen LogP contribution in [0.25, 0.3) is 0 Å². The number of benzene rings is 1. The van der Waals surface area contributed by atoms with Gasteiger partial charge in [-0.05, 0) is 44.7 Å². The summed E-state index contributed by atoms with van der Waals surface area (Å²) in [6, 6.07) is 7.94. The fraction of sp³-hybridized carbons (Fsp3) is 0.389. The summed E-state index contributed by atoms with van der Waals surface area (Å²) < 4.78 is 4.44. The fourth-order valence-electron chi connectivity index (χ4n) is 2.69. The molecule has 0 unspecified atom stereocenters. The zero-order valence-electron chi connectivity index (χ0n) is 15.4. The minimum atomic E-state index is -0.761. The molecular formula is C18H21N3O3S2. The Morgan fingerprint density at radius 3 is 2.42 bits per heavy atom. The van der Waals surface area contributed by atoms with Crippen LogP contribution in [0.1, 0.15) is 26.3 Å². The zero-order valence-corrected chi connectivity index (χ0v) is 17.0. The second-order valence-corrected chi connectivity index (χ2v) is 8.66. The number of carbonyl (C=O) groups excluding carboxylic acids is 2. The van der Waals surface area contributed by atoms with Crippen molar-refractivity contribution in [1.29, 1.82) is 0 Å². The van der Waals surface area contributed by atoms with E-state index < -0.39 is 4.33 Å². The average molecular weight is 392 g/mol. The maximum atomic E-state index is 12.4. The lowest BCUT2D eigenvalue weighted by molar-refractivity contribution is -0.137. The number of aryl methyl sites for hydroxylation is 1. The Bertz CT molecular complexity index is 819. The standard InChI is InChI=1S/C18H21N3O3S2/c1-6-24-17(23)15-12(3)20(5)18(25-15)21(19-16(26-18)13(4)22)14-9-7-11(2)8-10-14/h7-10H,6H2,1-5H3/t18-/m0/s1. The van der Waals surface area contributed by atoms with Gasteiger partial charge in [-0.15, -0.1) is 0 Å². The van der Waals surface area contributed by atoms with Crippen LogP contribution >= 0.6 is 23.5 Å². The van der Waals surface area contributed by atoms with E-state index in [4.69, 9.17) is 4.74 Å². The summed E-state index contributed by atoms with van der Waals surface area (Å²) in [6.45, 7) is 7.51. The molecule has 1 aromatic rings. The van der Waals surface area contributed by atoms with Crippen LogP contribution in [0.5, 0.6) is 0 Å². The highest BCUT2D eigenvalue weighted by Gasteiger charge is 2.56. The van der Waals surface area contributed by atoms with Crippen molar-refractivity contribution in [2.75, 3.05) is 18.7 Å². The first-order chi connectivity index (χ1) is 12.3. The Balaban J connectivity index is 2.03. The summed E-state index contributed by atoms with van der Waals surface area (Å²) in [5, 5.41) is 6.80. The molecule has 8 heteroatoms. The van der Waals surface area contributed by atoms with E-state index in [0.717, 1.165) is 16.9 Å². The molecular weight excluding hydrogens is 370 g/mol. The summed E-state index contributed by atoms with van der Waals surface area (Å²) in [7, 11) is 1.90. The number of hydrazone groups is 1. The van der Waals surface area contributed by atoms with E-state index in [2.05, 4.69) is 5.10 Å². The van der Waals surface area contributed by atoms with E-state index in [1.54, 1.807) is 6.92 Å². The topological polar surface area (TPSA) is 62.2 Å². The quantitative estimate of drug-likeness (QED) is 0.728. The van der Waals surface area contributed by atoms with Gasteiger partial charge in [0.15, 0.2) is 10.8 Å². The third-order valence-corrected chi connectivity index (χ3v) is 7.37. The van der Waals surface area contributed by atoms with Crippen LogP contribution in [0.15, 0.2) is 40.0 Å². The van der Waals surface area contributed by atoms with E-state index in [-0.39, 0.29) is 11.8 Å². The number of esters is 1. The number of rotatable bonds is 4. The molecule has 138 valence electrons. The van der Waals surface area contributed by atoms with Gasteiger partial charge in [-0.25, -0.2) is 9.80 Å². The lowest BCUT2D eigenvalue weighted by Crippen LogP contribution is -2.47. The second-order valence-electron chi connectivity index (χ2n) is 6.06. The van der Waals surface area contributed by atoms with E-state index in [1.165, 1.54) is 30.4 Å². The number of hydrogen-bond acceptors (Lipinski definition) is 8. The van der Waals surface area contributed by atoms with Crippen LogP contribution in [-0.2, 0) is 14.3 Å². The van der Waals surface area contributed by atoms with Gasteiger partial charge in [-0.2, -0.15) is 5.10 Å². The highest BCUT2D eigenvalue weighted by molar-refractivity contribution is 8.28. The molecule has 2 aliphatic heterocycles. The summed E-state index contributed by atoms with van der Waals surface area (Å²) in [5.41, 5.74) is 2.80. The normalized spacial score (nSPS) is 22.3. The van der Waals surface area contributed by atoms with Crippen molar-refractivity contribution in [3.8, 4) is 0 Å². The first kappa shape index (κ1) is 18.8.